The van der Waals surface area contributed by atoms with Gasteiger partial charge in [0.25, 0.3) is 0 Å². The van der Waals surface area contributed by atoms with E-state index in [2.05, 4.69) is 10.4 Å². The molecule has 7 nitrogen and oxygen atoms in total. The average molecular weight is 202 g/mol. The molecule has 1 rings (SSSR count). The van der Waals surface area contributed by atoms with Gasteiger partial charge in [-0.1, -0.05) is 17.3 Å². The van der Waals surface area contributed by atoms with Crippen LogP contribution in [0.3, 0.4) is 0 Å². The number of nitrogens with zero attached hydrogens (tertiary/aromatic N) is 2. The van der Waals surface area contributed by atoms with E-state index in [-0.39, 0.29) is 6.54 Å². The van der Waals surface area contributed by atoms with Gasteiger partial charge in [0.05, 0.1) is 6.10 Å². The summed E-state index contributed by atoms with van der Waals surface area (Å²) >= 11 is 0. The Morgan fingerprint density at radius 3 is 2.50 bits per heavy atom. The van der Waals surface area contributed by atoms with Crippen LogP contribution in [-0.4, -0.2) is 35.9 Å². The molecule has 0 aromatic rings. The molecule has 0 spiro atoms. The summed E-state index contributed by atoms with van der Waals surface area (Å²) in [5, 5.41) is 14.9. The van der Waals surface area contributed by atoms with E-state index >= 15 is 0 Å². The molecule has 0 bridgehead atoms. The quantitative estimate of drug-likeness (QED) is 0.499. The maximum atomic E-state index is 10.5. The van der Waals surface area contributed by atoms with Gasteiger partial charge in [-0.05, 0) is 0 Å². The molecule has 1 aliphatic rings. The lowest BCUT2D eigenvalue weighted by Crippen LogP contribution is -2.74. The van der Waals surface area contributed by atoms with Gasteiger partial charge in [-0.25, -0.2) is 0 Å². The molecular weight excluding hydrogens is 188 g/mol. The summed E-state index contributed by atoms with van der Waals surface area (Å²) in [6, 6.07) is -2.37. The van der Waals surface area contributed by atoms with Crippen LogP contribution in [0.25, 0.3) is 0 Å². The molecule has 0 radical (unpaired) electrons. The fourth-order valence-electron chi connectivity index (χ4n) is 2.02. The third-order valence-electron chi connectivity index (χ3n) is 3.23. The minimum atomic E-state index is -1.01. The zero-order chi connectivity index (χ0) is 10.9. The van der Waals surface area contributed by atoms with Crippen molar-refractivity contribution in [1.82, 2.24) is 0 Å². The molecule has 1 aliphatic carbocycles. The van der Waals surface area contributed by atoms with Crippen LogP contribution < -0.4 is 11.5 Å². The molecule has 0 amide bonds. The smallest absolute Gasteiger partial charge is 0.128 e. The second kappa shape index (κ2) is 3.68. The zero-order valence-electron chi connectivity index (χ0n) is 7.83. The number of nitrogens with two attached hydrogens (primary N) is 2. The predicted octanol–water partition coefficient (Wildman–Crippen LogP) is -1.08. The third-order valence-corrected chi connectivity index (χ3v) is 3.23. The molecule has 0 aromatic heterocycles. The van der Waals surface area contributed by atoms with Gasteiger partial charge in [-0.3, -0.25) is 0 Å². The molecule has 7 heteroatoms. The highest BCUT2D eigenvalue weighted by Gasteiger charge is 2.62. The van der Waals surface area contributed by atoms with E-state index in [1.807, 2.05) is 0 Å². The molecule has 0 saturated heterocycles. The van der Waals surface area contributed by atoms with Gasteiger partial charge in [0.2, 0.25) is 0 Å². The Bertz CT molecular complexity index is 237. The van der Waals surface area contributed by atoms with Gasteiger partial charge in [-0.2, -0.15) is 9.81 Å². The van der Waals surface area contributed by atoms with Gasteiger partial charge < -0.3 is 16.6 Å². The minimum Gasteiger partial charge on any atom is -0.389 e. The summed E-state index contributed by atoms with van der Waals surface area (Å²) in [5.74, 6) is 0. The number of aliphatic hydroxyl groups excluding tert-OH is 1. The molecule has 80 valence electrons. The first-order chi connectivity index (χ1) is 6.53. The van der Waals surface area contributed by atoms with Crippen molar-refractivity contribution in [2.45, 2.75) is 31.2 Å². The summed E-state index contributed by atoms with van der Waals surface area (Å²) in [6.07, 6.45) is -1.01. The molecule has 14 heavy (non-hydrogen) atoms. The number of hydrogen-bond donors (Lipinski definition) is 3. The summed E-state index contributed by atoms with van der Waals surface area (Å²) < 4.78 is 0. The Kier molecular flexibility index (Phi) is 2.93. The Morgan fingerprint density at radius 2 is 2.14 bits per heavy atom. The van der Waals surface area contributed by atoms with Crippen molar-refractivity contribution >= 4 is 0 Å². The third kappa shape index (κ3) is 1.17. The van der Waals surface area contributed by atoms with E-state index in [1.165, 1.54) is 0 Å². The maximum absolute atomic E-state index is 10.5. The fourth-order valence-corrected chi connectivity index (χ4v) is 2.02. The summed E-state index contributed by atoms with van der Waals surface area (Å²) in [7, 11) is 0. The second-order valence-corrected chi connectivity index (χ2v) is 3.79. The van der Waals surface area contributed by atoms with Crippen LogP contribution in [0.1, 0.15) is 6.92 Å². The fraction of sp³-hybridized carbons (Fsp3) is 1.00. The summed E-state index contributed by atoms with van der Waals surface area (Å²) in [4.78, 5) is 20.9. The first-order valence-electron chi connectivity index (χ1n) is 4.32. The molecule has 1 fully saturated rings. The largest absolute Gasteiger partial charge is 0.389 e. The highest BCUT2D eigenvalue weighted by Crippen LogP contribution is 2.45. The molecule has 5 unspecified atom stereocenters. The van der Waals surface area contributed by atoms with Crippen molar-refractivity contribution in [3.63, 3.8) is 0 Å². The Morgan fingerprint density at radius 1 is 1.57 bits per heavy atom. The van der Waals surface area contributed by atoms with Crippen LogP contribution in [0.4, 0.5) is 0 Å². The maximum Gasteiger partial charge on any atom is 0.128 e. The first kappa shape index (κ1) is 11.2. The van der Waals surface area contributed by atoms with Crippen LogP contribution in [0, 0.1) is 15.2 Å². The van der Waals surface area contributed by atoms with Gasteiger partial charge >= 0.3 is 0 Å². The lowest BCUT2D eigenvalue weighted by molar-refractivity contribution is -0.0845. The molecular formula is C7H14N4O3. The van der Waals surface area contributed by atoms with Crippen molar-refractivity contribution in [3.8, 4) is 0 Å². The van der Waals surface area contributed by atoms with Crippen LogP contribution >= 0.6 is 0 Å². The average Bonchev–Trinajstić information content (AvgIpc) is 2.19. The lowest BCUT2D eigenvalue weighted by Gasteiger charge is -2.54. The van der Waals surface area contributed by atoms with E-state index in [1.54, 1.807) is 6.92 Å². The van der Waals surface area contributed by atoms with Gasteiger partial charge in [0, 0.05) is 18.0 Å². The van der Waals surface area contributed by atoms with Crippen LogP contribution in [-0.2, 0) is 0 Å². The molecule has 1 saturated carbocycles. The Balaban J connectivity index is 2.91. The van der Waals surface area contributed by atoms with Crippen molar-refractivity contribution in [1.29, 1.82) is 0 Å². The van der Waals surface area contributed by atoms with Gasteiger partial charge in [0.15, 0.2) is 0 Å². The van der Waals surface area contributed by atoms with Crippen molar-refractivity contribution in [3.05, 3.63) is 9.81 Å². The van der Waals surface area contributed by atoms with E-state index in [0.29, 0.717) is 0 Å². The Hall–Kier alpha value is -0.920. The van der Waals surface area contributed by atoms with Gasteiger partial charge in [0.1, 0.15) is 12.1 Å². The van der Waals surface area contributed by atoms with Gasteiger partial charge in [-0.15, -0.1) is 0 Å². The summed E-state index contributed by atoms with van der Waals surface area (Å²) in [6.45, 7) is 1.59. The number of nitroso groups, excluding NO2 is 2. The lowest BCUT2D eigenvalue weighted by atomic mass is 9.56. The van der Waals surface area contributed by atoms with E-state index in [9.17, 15) is 14.9 Å². The minimum absolute atomic E-state index is 0.00750. The van der Waals surface area contributed by atoms with E-state index in [0.717, 1.165) is 0 Å². The molecule has 5 atom stereocenters. The highest BCUT2D eigenvalue weighted by atomic mass is 16.3. The number of hydrogen-bond acceptors (Lipinski definition) is 7. The number of aliphatic hydroxyl groups is 1. The first-order valence-corrected chi connectivity index (χ1v) is 4.32. The zero-order valence-corrected chi connectivity index (χ0v) is 7.83. The standard InChI is InChI=1S/C7H14N4O3/c1-7(3(2-8)10-13)5(9)4(12)6(7)11-14/h3-6,12H,2,8-9H2,1H3. The number of rotatable bonds is 4. The Labute approximate surface area is 80.8 Å². The SMILES string of the molecule is CC1(C(CN)N=O)C(N)C(O)C1N=O. The van der Waals surface area contributed by atoms with Crippen LogP contribution in [0.5, 0.6) is 0 Å². The second-order valence-electron chi connectivity index (χ2n) is 3.79. The van der Waals surface area contributed by atoms with Crippen molar-refractivity contribution < 1.29 is 5.11 Å². The normalized spacial score (nSPS) is 43.9. The molecule has 0 aromatic carbocycles. The van der Waals surface area contributed by atoms with E-state index < -0.39 is 29.6 Å². The monoisotopic (exact) mass is 202 g/mol. The van der Waals surface area contributed by atoms with Crippen molar-refractivity contribution in [2.24, 2.45) is 27.2 Å². The van der Waals surface area contributed by atoms with Crippen molar-refractivity contribution in [2.75, 3.05) is 6.54 Å². The predicted molar refractivity (Wildman–Crippen MR) is 50.3 cm³/mol. The molecule has 0 heterocycles. The molecule has 0 aliphatic heterocycles. The van der Waals surface area contributed by atoms with Crippen LogP contribution in [0.15, 0.2) is 10.4 Å². The van der Waals surface area contributed by atoms with Crippen LogP contribution in [0.2, 0.25) is 0 Å². The topological polar surface area (TPSA) is 131 Å². The van der Waals surface area contributed by atoms with E-state index in [4.69, 9.17) is 11.5 Å². The molecule has 5 N–H and O–H groups in total. The summed E-state index contributed by atoms with van der Waals surface area (Å²) in [5.41, 5.74) is 10.0. The highest BCUT2D eigenvalue weighted by molar-refractivity contribution is 5.18.